The average molecular weight is 252 g/mol. The van der Waals surface area contributed by atoms with E-state index in [1.165, 1.54) is 37.3 Å². The van der Waals surface area contributed by atoms with Crippen molar-refractivity contribution in [1.29, 1.82) is 0 Å². The predicted octanol–water partition coefficient (Wildman–Crippen LogP) is 3.28. The Labute approximate surface area is 109 Å². The second-order valence-electron chi connectivity index (χ2n) is 6.29. The number of hydrogen-bond donors (Lipinski definition) is 1. The Bertz CT molecular complexity index is 311. The van der Waals surface area contributed by atoms with E-state index >= 15 is 0 Å². The Kier molecular flexibility index (Phi) is 3.38. The summed E-state index contributed by atoms with van der Waals surface area (Å²) in [5.74, 6) is 2.70. The molecule has 0 aromatic rings. The fraction of sp³-hybridized carbons (Fsp3) is 0.929. The van der Waals surface area contributed by atoms with E-state index in [4.69, 9.17) is 4.99 Å². The molecule has 2 aliphatic carbocycles. The molecule has 3 heteroatoms. The number of amidine groups is 1. The highest BCUT2D eigenvalue weighted by Gasteiger charge is 2.36. The standard InChI is InChI=1S/C14H24N2S/c1-9-3-6-12(10(2)7-9)16-14-15-8-13(17-14)11-4-5-11/h9-13H,3-8H2,1-2H3,(H,15,16). The zero-order valence-electron chi connectivity index (χ0n) is 11.0. The minimum atomic E-state index is 0.676. The molecular formula is C14H24N2S. The van der Waals surface area contributed by atoms with Crippen molar-refractivity contribution in [3.05, 3.63) is 0 Å². The minimum absolute atomic E-state index is 0.676. The van der Waals surface area contributed by atoms with Crippen LogP contribution in [0.4, 0.5) is 0 Å². The lowest BCUT2D eigenvalue weighted by Gasteiger charge is -2.33. The highest BCUT2D eigenvalue weighted by atomic mass is 32.2. The van der Waals surface area contributed by atoms with Crippen molar-refractivity contribution in [1.82, 2.24) is 5.32 Å². The van der Waals surface area contributed by atoms with Gasteiger partial charge < -0.3 is 5.32 Å². The second kappa shape index (κ2) is 4.83. The highest BCUT2D eigenvalue weighted by molar-refractivity contribution is 8.14. The first-order chi connectivity index (χ1) is 8.22. The fourth-order valence-electron chi connectivity index (χ4n) is 3.22. The zero-order chi connectivity index (χ0) is 11.8. The molecule has 3 rings (SSSR count). The van der Waals surface area contributed by atoms with Gasteiger partial charge >= 0.3 is 0 Å². The first-order valence-corrected chi connectivity index (χ1v) is 8.08. The monoisotopic (exact) mass is 252 g/mol. The average Bonchev–Trinajstić information content (AvgIpc) is 3.04. The van der Waals surface area contributed by atoms with Gasteiger partial charge in [-0.25, -0.2) is 0 Å². The Morgan fingerprint density at radius 1 is 1.18 bits per heavy atom. The van der Waals surface area contributed by atoms with Crippen LogP contribution in [0.25, 0.3) is 0 Å². The van der Waals surface area contributed by atoms with E-state index < -0.39 is 0 Å². The number of aliphatic imine (C=N–C) groups is 1. The fourth-order valence-corrected chi connectivity index (χ4v) is 4.49. The second-order valence-corrected chi connectivity index (χ2v) is 7.51. The number of nitrogens with zero attached hydrogens (tertiary/aromatic N) is 1. The van der Waals surface area contributed by atoms with Crippen molar-refractivity contribution in [3.63, 3.8) is 0 Å². The molecule has 2 saturated carbocycles. The van der Waals surface area contributed by atoms with Gasteiger partial charge in [0, 0.05) is 11.3 Å². The maximum absolute atomic E-state index is 4.69. The maximum atomic E-state index is 4.69. The molecule has 4 atom stereocenters. The van der Waals surface area contributed by atoms with Gasteiger partial charge in [-0.15, -0.1) is 0 Å². The number of hydrogen-bond acceptors (Lipinski definition) is 3. The van der Waals surface area contributed by atoms with Gasteiger partial charge in [0.25, 0.3) is 0 Å². The maximum Gasteiger partial charge on any atom is 0.157 e. The summed E-state index contributed by atoms with van der Waals surface area (Å²) < 4.78 is 0. The summed E-state index contributed by atoms with van der Waals surface area (Å²) in [6.45, 7) is 5.85. The van der Waals surface area contributed by atoms with Gasteiger partial charge in [0.2, 0.25) is 0 Å². The molecule has 1 heterocycles. The summed E-state index contributed by atoms with van der Waals surface area (Å²) in [6.07, 6.45) is 6.97. The lowest BCUT2D eigenvalue weighted by molar-refractivity contribution is 0.248. The Hall–Kier alpha value is -0.180. The van der Waals surface area contributed by atoms with E-state index in [0.717, 1.165) is 29.5 Å². The third-order valence-electron chi connectivity index (χ3n) is 4.57. The molecule has 0 bridgehead atoms. The summed E-state index contributed by atoms with van der Waals surface area (Å²) in [5, 5.41) is 5.76. The van der Waals surface area contributed by atoms with Crippen LogP contribution in [0.1, 0.15) is 46.0 Å². The van der Waals surface area contributed by atoms with E-state index in [1.807, 2.05) is 11.8 Å². The predicted molar refractivity (Wildman–Crippen MR) is 75.5 cm³/mol. The number of rotatable bonds is 2. The number of nitrogens with one attached hydrogen (secondary N) is 1. The van der Waals surface area contributed by atoms with Crippen molar-refractivity contribution in [2.75, 3.05) is 6.54 Å². The van der Waals surface area contributed by atoms with Gasteiger partial charge in [0.15, 0.2) is 5.17 Å². The molecule has 17 heavy (non-hydrogen) atoms. The third kappa shape index (κ3) is 2.81. The number of thioether (sulfide) groups is 1. The third-order valence-corrected chi connectivity index (χ3v) is 5.87. The largest absolute Gasteiger partial charge is 0.362 e. The van der Waals surface area contributed by atoms with Crippen LogP contribution in [-0.4, -0.2) is 23.0 Å². The van der Waals surface area contributed by atoms with Gasteiger partial charge in [-0.2, -0.15) is 0 Å². The summed E-state index contributed by atoms with van der Waals surface area (Å²) in [7, 11) is 0. The molecule has 0 saturated heterocycles. The van der Waals surface area contributed by atoms with E-state index in [0.29, 0.717) is 6.04 Å². The van der Waals surface area contributed by atoms with Crippen LogP contribution in [0, 0.1) is 17.8 Å². The van der Waals surface area contributed by atoms with Crippen molar-refractivity contribution in [2.45, 2.75) is 57.2 Å². The van der Waals surface area contributed by atoms with E-state index in [9.17, 15) is 0 Å². The van der Waals surface area contributed by atoms with E-state index in [-0.39, 0.29) is 0 Å². The SMILES string of the molecule is CC1CCC(NC2=NCC(C3CC3)S2)C(C)C1. The first kappa shape index (κ1) is 11.9. The van der Waals surface area contributed by atoms with Crippen LogP contribution in [0.5, 0.6) is 0 Å². The van der Waals surface area contributed by atoms with E-state index in [1.54, 1.807) is 0 Å². The molecule has 0 radical (unpaired) electrons. The summed E-state index contributed by atoms with van der Waals surface area (Å²) in [5.41, 5.74) is 0. The molecule has 96 valence electrons. The smallest absolute Gasteiger partial charge is 0.157 e. The van der Waals surface area contributed by atoms with Crippen LogP contribution in [0.3, 0.4) is 0 Å². The Balaban J connectivity index is 1.50. The molecule has 2 nitrogen and oxygen atoms in total. The van der Waals surface area contributed by atoms with Crippen molar-refractivity contribution in [2.24, 2.45) is 22.7 Å². The van der Waals surface area contributed by atoms with E-state index in [2.05, 4.69) is 19.2 Å². The zero-order valence-corrected chi connectivity index (χ0v) is 11.8. The van der Waals surface area contributed by atoms with Gasteiger partial charge in [0.05, 0.1) is 6.54 Å². The molecule has 0 amide bonds. The van der Waals surface area contributed by atoms with Crippen LogP contribution in [0.2, 0.25) is 0 Å². The quantitative estimate of drug-likeness (QED) is 0.815. The normalized spacial score (nSPS) is 42.4. The van der Waals surface area contributed by atoms with Crippen molar-refractivity contribution >= 4 is 16.9 Å². The molecule has 4 unspecified atom stereocenters. The van der Waals surface area contributed by atoms with Gasteiger partial charge in [-0.1, -0.05) is 25.6 Å². The van der Waals surface area contributed by atoms with Crippen LogP contribution in [-0.2, 0) is 0 Å². The van der Waals surface area contributed by atoms with Crippen LogP contribution < -0.4 is 5.32 Å². The lowest BCUT2D eigenvalue weighted by atomic mass is 9.80. The highest BCUT2D eigenvalue weighted by Crippen LogP contribution is 2.41. The molecule has 1 N–H and O–H groups in total. The lowest BCUT2D eigenvalue weighted by Crippen LogP contribution is -2.41. The molecular weight excluding hydrogens is 228 g/mol. The minimum Gasteiger partial charge on any atom is -0.362 e. The Morgan fingerprint density at radius 2 is 2.00 bits per heavy atom. The molecule has 2 fully saturated rings. The summed E-state index contributed by atoms with van der Waals surface area (Å²) >= 11 is 2.02. The molecule has 0 aromatic heterocycles. The first-order valence-electron chi connectivity index (χ1n) is 7.20. The molecule has 0 aromatic carbocycles. The van der Waals surface area contributed by atoms with Gasteiger partial charge in [-0.05, 0) is 49.9 Å². The van der Waals surface area contributed by atoms with Crippen molar-refractivity contribution in [3.8, 4) is 0 Å². The van der Waals surface area contributed by atoms with Gasteiger partial charge in [0.1, 0.15) is 0 Å². The molecule has 0 spiro atoms. The van der Waals surface area contributed by atoms with Crippen LogP contribution >= 0.6 is 11.8 Å². The van der Waals surface area contributed by atoms with Gasteiger partial charge in [-0.3, -0.25) is 4.99 Å². The van der Waals surface area contributed by atoms with Crippen LogP contribution in [0.15, 0.2) is 4.99 Å². The molecule has 1 aliphatic heterocycles. The Morgan fingerprint density at radius 3 is 2.71 bits per heavy atom. The molecule has 3 aliphatic rings. The summed E-state index contributed by atoms with van der Waals surface area (Å²) in [4.78, 5) is 4.69. The summed E-state index contributed by atoms with van der Waals surface area (Å²) in [6, 6.07) is 0.676. The topological polar surface area (TPSA) is 24.4 Å². The van der Waals surface area contributed by atoms with Crippen molar-refractivity contribution < 1.29 is 0 Å².